The van der Waals surface area contributed by atoms with Crippen LogP contribution in [0.2, 0.25) is 5.02 Å². The predicted molar refractivity (Wildman–Crippen MR) is 120 cm³/mol. The summed E-state index contributed by atoms with van der Waals surface area (Å²) >= 11 is 6.02. The zero-order valence-electron chi connectivity index (χ0n) is 17.7. The molecule has 0 spiro atoms. The van der Waals surface area contributed by atoms with Gasteiger partial charge in [0, 0.05) is 48.4 Å². The number of rotatable bonds is 8. The van der Waals surface area contributed by atoms with Gasteiger partial charge in [0.2, 0.25) is 17.5 Å². The van der Waals surface area contributed by atoms with E-state index in [2.05, 4.69) is 25.8 Å². The number of nitrogens with zero attached hydrogens (tertiary/aromatic N) is 3. The maximum Gasteiger partial charge on any atom is 0.228 e. The van der Waals surface area contributed by atoms with Crippen molar-refractivity contribution in [2.45, 2.75) is 6.42 Å². The summed E-state index contributed by atoms with van der Waals surface area (Å²) in [5.41, 5.74) is 1.53. The van der Waals surface area contributed by atoms with Gasteiger partial charge in [-0.1, -0.05) is 28.9 Å². The first-order valence-electron chi connectivity index (χ1n) is 9.44. The Morgan fingerprint density at radius 3 is 2.45 bits per heavy atom. The standard InChI is InChI=1S/C21H24ClN5O4/c1-23-21(25-15-11-16(28-2)19(30-4)17(12-15)29-3)24-9-8-18-26-20(27-31-18)13-6-5-7-14(22)10-13/h5-7,10-12H,8-9H2,1-4H3,(H2,23,24,25). The Morgan fingerprint density at radius 2 is 1.84 bits per heavy atom. The van der Waals surface area contributed by atoms with Gasteiger partial charge in [0.25, 0.3) is 0 Å². The lowest BCUT2D eigenvalue weighted by Gasteiger charge is -2.16. The second-order valence-electron chi connectivity index (χ2n) is 6.31. The van der Waals surface area contributed by atoms with Crippen LogP contribution in [0.3, 0.4) is 0 Å². The Balaban J connectivity index is 1.61. The molecule has 3 aromatic rings. The van der Waals surface area contributed by atoms with Crippen molar-refractivity contribution in [1.82, 2.24) is 15.5 Å². The number of aliphatic imine (C=N–C) groups is 1. The molecule has 10 heteroatoms. The third-order valence-electron chi connectivity index (χ3n) is 4.33. The summed E-state index contributed by atoms with van der Waals surface area (Å²) in [7, 11) is 6.37. The van der Waals surface area contributed by atoms with Gasteiger partial charge < -0.3 is 29.4 Å². The molecule has 0 fully saturated rings. The normalized spacial score (nSPS) is 11.2. The predicted octanol–water partition coefficient (Wildman–Crippen LogP) is 3.65. The molecule has 1 aromatic heterocycles. The molecule has 0 aliphatic rings. The van der Waals surface area contributed by atoms with E-state index < -0.39 is 0 Å². The lowest BCUT2D eigenvalue weighted by atomic mass is 10.2. The molecule has 0 atom stereocenters. The molecule has 0 saturated heterocycles. The van der Waals surface area contributed by atoms with Gasteiger partial charge in [-0.3, -0.25) is 4.99 Å². The fourth-order valence-electron chi connectivity index (χ4n) is 2.86. The molecule has 0 unspecified atom stereocenters. The molecule has 0 aliphatic carbocycles. The Kier molecular flexibility index (Phi) is 7.55. The number of halogens is 1. The third kappa shape index (κ3) is 5.58. The van der Waals surface area contributed by atoms with Gasteiger partial charge in [-0.25, -0.2) is 0 Å². The number of hydrogen-bond donors (Lipinski definition) is 2. The van der Waals surface area contributed by atoms with E-state index in [4.69, 9.17) is 30.3 Å². The average Bonchev–Trinajstić information content (AvgIpc) is 3.26. The van der Waals surface area contributed by atoms with Crippen LogP contribution in [0.15, 0.2) is 45.9 Å². The van der Waals surface area contributed by atoms with E-state index in [0.717, 1.165) is 11.3 Å². The van der Waals surface area contributed by atoms with Crippen LogP contribution in [0.4, 0.5) is 5.69 Å². The molecule has 0 amide bonds. The zero-order chi connectivity index (χ0) is 22.2. The Labute approximate surface area is 185 Å². The van der Waals surface area contributed by atoms with Crippen molar-refractivity contribution in [2.24, 2.45) is 4.99 Å². The number of ether oxygens (including phenoxy) is 3. The van der Waals surface area contributed by atoms with Gasteiger partial charge in [-0.2, -0.15) is 4.98 Å². The summed E-state index contributed by atoms with van der Waals surface area (Å²) < 4.78 is 21.4. The average molecular weight is 446 g/mol. The van der Waals surface area contributed by atoms with Gasteiger partial charge in [0.1, 0.15) is 0 Å². The smallest absolute Gasteiger partial charge is 0.228 e. The molecule has 0 saturated carbocycles. The van der Waals surface area contributed by atoms with Crippen LogP contribution in [0.1, 0.15) is 5.89 Å². The van der Waals surface area contributed by atoms with E-state index in [-0.39, 0.29) is 0 Å². The number of aromatic nitrogens is 2. The molecule has 0 aliphatic heterocycles. The van der Waals surface area contributed by atoms with Crippen LogP contribution in [-0.2, 0) is 6.42 Å². The minimum Gasteiger partial charge on any atom is -0.493 e. The Morgan fingerprint density at radius 1 is 1.10 bits per heavy atom. The molecule has 0 radical (unpaired) electrons. The number of anilines is 1. The lowest BCUT2D eigenvalue weighted by Crippen LogP contribution is -2.32. The first kappa shape index (κ1) is 22.2. The van der Waals surface area contributed by atoms with Crippen LogP contribution in [0.5, 0.6) is 17.2 Å². The van der Waals surface area contributed by atoms with Crippen molar-refractivity contribution in [2.75, 3.05) is 40.2 Å². The highest BCUT2D eigenvalue weighted by Crippen LogP contribution is 2.39. The van der Waals surface area contributed by atoms with E-state index >= 15 is 0 Å². The van der Waals surface area contributed by atoms with Gasteiger partial charge in [0.05, 0.1) is 21.3 Å². The maximum absolute atomic E-state index is 6.02. The third-order valence-corrected chi connectivity index (χ3v) is 4.57. The highest BCUT2D eigenvalue weighted by molar-refractivity contribution is 6.30. The topological polar surface area (TPSA) is 103 Å². The molecule has 2 N–H and O–H groups in total. The summed E-state index contributed by atoms with van der Waals surface area (Å²) in [4.78, 5) is 8.64. The van der Waals surface area contributed by atoms with Crippen molar-refractivity contribution in [3.63, 3.8) is 0 Å². The van der Waals surface area contributed by atoms with Gasteiger partial charge in [0.15, 0.2) is 17.5 Å². The van der Waals surface area contributed by atoms with Crippen LogP contribution in [0, 0.1) is 0 Å². The molecular weight excluding hydrogens is 422 g/mol. The quantitative estimate of drug-likeness (QED) is 0.400. The Hall–Kier alpha value is -3.46. The highest BCUT2D eigenvalue weighted by atomic mass is 35.5. The Bertz CT molecular complexity index is 1030. The molecule has 164 valence electrons. The summed E-state index contributed by atoms with van der Waals surface area (Å²) in [6.45, 7) is 0.529. The molecule has 0 bridgehead atoms. The zero-order valence-corrected chi connectivity index (χ0v) is 18.5. The van der Waals surface area contributed by atoms with Gasteiger partial charge >= 0.3 is 0 Å². The van der Waals surface area contributed by atoms with Crippen molar-refractivity contribution in [3.8, 4) is 28.6 Å². The summed E-state index contributed by atoms with van der Waals surface area (Å²) in [6.07, 6.45) is 0.517. The van der Waals surface area contributed by atoms with E-state index in [9.17, 15) is 0 Å². The minimum absolute atomic E-state index is 0.498. The van der Waals surface area contributed by atoms with Crippen molar-refractivity contribution in [1.29, 1.82) is 0 Å². The number of nitrogens with one attached hydrogen (secondary N) is 2. The molecule has 1 heterocycles. The van der Waals surface area contributed by atoms with Gasteiger partial charge in [-0.05, 0) is 12.1 Å². The van der Waals surface area contributed by atoms with E-state index in [1.807, 2.05) is 12.1 Å². The minimum atomic E-state index is 0.498. The molecular formula is C21H24ClN5O4. The van der Waals surface area contributed by atoms with Crippen LogP contribution in [0.25, 0.3) is 11.4 Å². The molecule has 3 rings (SSSR count). The van der Waals surface area contributed by atoms with Crippen LogP contribution >= 0.6 is 11.6 Å². The molecule has 9 nitrogen and oxygen atoms in total. The van der Waals surface area contributed by atoms with Crippen molar-refractivity contribution in [3.05, 3.63) is 47.3 Å². The number of benzene rings is 2. The SMILES string of the molecule is CN=C(NCCc1nc(-c2cccc(Cl)c2)no1)Nc1cc(OC)c(OC)c(OC)c1. The van der Waals surface area contributed by atoms with Crippen molar-refractivity contribution >= 4 is 23.2 Å². The maximum atomic E-state index is 6.02. The fourth-order valence-corrected chi connectivity index (χ4v) is 3.05. The fraction of sp³-hybridized carbons (Fsp3) is 0.286. The van der Waals surface area contributed by atoms with Crippen LogP contribution < -0.4 is 24.8 Å². The van der Waals surface area contributed by atoms with E-state index in [1.165, 1.54) is 0 Å². The number of methoxy groups -OCH3 is 3. The summed E-state index contributed by atoms with van der Waals surface area (Å²) in [5, 5.41) is 11.0. The van der Waals surface area contributed by atoms with E-state index in [0.29, 0.717) is 52.9 Å². The first-order chi connectivity index (χ1) is 15.1. The largest absolute Gasteiger partial charge is 0.493 e. The highest BCUT2D eigenvalue weighted by Gasteiger charge is 2.14. The second-order valence-corrected chi connectivity index (χ2v) is 6.75. The van der Waals surface area contributed by atoms with Gasteiger partial charge in [-0.15, -0.1) is 0 Å². The summed E-state index contributed by atoms with van der Waals surface area (Å²) in [6, 6.07) is 10.9. The number of guanidine groups is 1. The second kappa shape index (κ2) is 10.5. The monoisotopic (exact) mass is 445 g/mol. The molecule has 31 heavy (non-hydrogen) atoms. The summed E-state index contributed by atoms with van der Waals surface area (Å²) in [5.74, 6) is 3.16. The van der Waals surface area contributed by atoms with Crippen LogP contribution in [-0.4, -0.2) is 51.0 Å². The van der Waals surface area contributed by atoms with E-state index in [1.54, 1.807) is 52.6 Å². The number of hydrogen-bond acceptors (Lipinski definition) is 7. The lowest BCUT2D eigenvalue weighted by molar-refractivity contribution is 0.324. The first-order valence-corrected chi connectivity index (χ1v) is 9.82. The molecule has 2 aromatic carbocycles. The van der Waals surface area contributed by atoms with Crippen molar-refractivity contribution < 1.29 is 18.7 Å².